The molecule has 0 fully saturated rings. The van der Waals surface area contributed by atoms with E-state index in [4.69, 9.17) is 14.5 Å². The van der Waals surface area contributed by atoms with Gasteiger partial charge >= 0.3 is 7.60 Å². The van der Waals surface area contributed by atoms with Gasteiger partial charge in [0.05, 0.1) is 12.8 Å². The Morgan fingerprint density at radius 2 is 1.89 bits per heavy atom. The zero-order valence-electron chi connectivity index (χ0n) is 12.2. The van der Waals surface area contributed by atoms with E-state index in [1.54, 1.807) is 0 Å². The van der Waals surface area contributed by atoms with Crippen LogP contribution in [0.25, 0.3) is 0 Å². The first-order valence-corrected chi connectivity index (χ1v) is 8.63. The van der Waals surface area contributed by atoms with Gasteiger partial charge in [0.25, 0.3) is 0 Å². The summed E-state index contributed by atoms with van der Waals surface area (Å²) in [5.41, 5.74) is 2.43. The molecule has 0 unspecified atom stereocenters. The lowest BCUT2D eigenvalue weighted by molar-refractivity contribution is 0.217. The lowest BCUT2D eigenvalue weighted by Gasteiger charge is -2.26. The Balaban J connectivity index is 2.87. The van der Waals surface area contributed by atoms with Crippen LogP contribution in [-0.4, -0.2) is 22.6 Å². The minimum absolute atomic E-state index is 0.0693. The summed E-state index contributed by atoms with van der Waals surface area (Å²) < 4.78 is 16.6. The van der Waals surface area contributed by atoms with Crippen molar-refractivity contribution >= 4 is 7.60 Å². The van der Waals surface area contributed by atoms with Crippen LogP contribution in [0.4, 0.5) is 0 Å². The molecule has 0 saturated heterocycles. The lowest BCUT2D eigenvalue weighted by Crippen LogP contribution is -2.14. The third kappa shape index (κ3) is 5.13. The van der Waals surface area contributed by atoms with Crippen LogP contribution in [-0.2, 0) is 9.30 Å². The van der Waals surface area contributed by atoms with Gasteiger partial charge in [-0.2, -0.15) is 0 Å². The predicted molar refractivity (Wildman–Crippen MR) is 76.9 cm³/mol. The van der Waals surface area contributed by atoms with E-state index in [0.717, 1.165) is 18.6 Å². The van der Waals surface area contributed by atoms with Crippen molar-refractivity contribution in [3.63, 3.8) is 0 Å². The van der Waals surface area contributed by atoms with Crippen LogP contribution in [0.2, 0.25) is 0 Å². The van der Waals surface area contributed by atoms with Crippen LogP contribution in [0.5, 0.6) is 0 Å². The van der Waals surface area contributed by atoms with Crippen molar-refractivity contribution in [1.82, 2.24) is 0 Å². The van der Waals surface area contributed by atoms with Crippen LogP contribution >= 0.6 is 7.60 Å². The second-order valence-electron chi connectivity index (χ2n) is 5.60. The van der Waals surface area contributed by atoms with Gasteiger partial charge < -0.3 is 14.5 Å². The van der Waals surface area contributed by atoms with E-state index < -0.39 is 7.60 Å². The molecule has 5 heteroatoms. The molecule has 0 amide bonds. The number of allylic oxidation sites excluding steroid dienone is 3. The molecule has 0 atom stereocenters. The van der Waals surface area contributed by atoms with Gasteiger partial charge in [-0.15, -0.1) is 0 Å². The fraction of sp³-hybridized carbons (Fsp3) is 0.714. The van der Waals surface area contributed by atoms with Gasteiger partial charge in [0.15, 0.2) is 0 Å². The molecule has 0 saturated carbocycles. The first-order valence-electron chi connectivity index (χ1n) is 6.83. The molecule has 0 radical (unpaired) electrons. The van der Waals surface area contributed by atoms with Crippen molar-refractivity contribution in [3.8, 4) is 0 Å². The topological polar surface area (TPSA) is 66.8 Å². The SMILES string of the molecule is CC(C)C1=CCCC(C(C)C)=C1OCCP(=O)(O)O. The summed E-state index contributed by atoms with van der Waals surface area (Å²) in [5, 5.41) is 0. The fourth-order valence-corrected chi connectivity index (χ4v) is 2.60. The average molecular weight is 288 g/mol. The largest absolute Gasteiger partial charge is 0.493 e. The zero-order chi connectivity index (χ0) is 14.6. The molecule has 0 aromatic carbocycles. The van der Waals surface area contributed by atoms with Crippen molar-refractivity contribution in [2.24, 2.45) is 11.8 Å². The van der Waals surface area contributed by atoms with Crippen LogP contribution in [0, 0.1) is 11.8 Å². The predicted octanol–water partition coefficient (Wildman–Crippen LogP) is 3.47. The highest BCUT2D eigenvalue weighted by Gasteiger charge is 2.22. The number of hydrogen-bond donors (Lipinski definition) is 2. The Morgan fingerprint density at radius 3 is 2.37 bits per heavy atom. The van der Waals surface area contributed by atoms with Crippen molar-refractivity contribution in [3.05, 3.63) is 23.0 Å². The molecule has 0 spiro atoms. The Morgan fingerprint density at radius 1 is 1.26 bits per heavy atom. The molecule has 0 aromatic rings. The van der Waals surface area contributed by atoms with Gasteiger partial charge in [0.2, 0.25) is 0 Å². The van der Waals surface area contributed by atoms with Crippen LogP contribution < -0.4 is 0 Å². The maximum Gasteiger partial charge on any atom is 0.328 e. The third-order valence-corrected chi connectivity index (χ3v) is 4.04. The van der Waals surface area contributed by atoms with Crippen molar-refractivity contribution in [2.75, 3.05) is 12.8 Å². The summed E-state index contributed by atoms with van der Waals surface area (Å²) in [4.78, 5) is 17.8. The van der Waals surface area contributed by atoms with Crippen LogP contribution in [0.15, 0.2) is 23.0 Å². The fourth-order valence-electron chi connectivity index (χ4n) is 2.27. The van der Waals surface area contributed by atoms with Crippen LogP contribution in [0.3, 0.4) is 0 Å². The van der Waals surface area contributed by atoms with Gasteiger partial charge in [-0.25, -0.2) is 0 Å². The molecule has 0 heterocycles. The van der Waals surface area contributed by atoms with Crippen molar-refractivity contribution < 1.29 is 19.1 Å². The standard InChI is InChI=1S/C14H25O4P/c1-10(2)12-6-5-7-13(11(3)4)14(12)18-8-9-19(15,16)17/h6,10-11H,5,7-9H2,1-4H3,(H2,15,16,17). The highest BCUT2D eigenvalue weighted by molar-refractivity contribution is 7.51. The zero-order valence-corrected chi connectivity index (χ0v) is 13.1. The van der Waals surface area contributed by atoms with E-state index in [0.29, 0.717) is 11.8 Å². The Kier molecular flexibility index (Phi) is 5.84. The maximum absolute atomic E-state index is 10.9. The average Bonchev–Trinajstić information content (AvgIpc) is 2.26. The summed E-state index contributed by atoms with van der Waals surface area (Å²) in [5.74, 6) is 1.62. The molecular formula is C14H25O4P. The van der Waals surface area contributed by atoms with E-state index >= 15 is 0 Å². The molecule has 1 aliphatic rings. The summed E-state index contributed by atoms with van der Waals surface area (Å²) in [7, 11) is -3.99. The van der Waals surface area contributed by atoms with E-state index in [-0.39, 0.29) is 12.8 Å². The minimum atomic E-state index is -3.99. The molecule has 0 aliphatic heterocycles. The molecule has 0 aromatic heterocycles. The van der Waals surface area contributed by atoms with Gasteiger partial charge in [-0.1, -0.05) is 33.8 Å². The van der Waals surface area contributed by atoms with E-state index in [2.05, 4.69) is 33.8 Å². The Labute approximate surface area is 115 Å². The van der Waals surface area contributed by atoms with Crippen molar-refractivity contribution in [1.29, 1.82) is 0 Å². The Hall–Kier alpha value is -0.570. The Bertz CT molecular complexity index is 415. The molecule has 110 valence electrons. The second kappa shape index (κ2) is 6.74. The minimum Gasteiger partial charge on any atom is -0.493 e. The van der Waals surface area contributed by atoms with Gasteiger partial charge in [-0.05, 0) is 35.8 Å². The molecule has 4 nitrogen and oxygen atoms in total. The summed E-state index contributed by atoms with van der Waals surface area (Å²) >= 11 is 0. The van der Waals surface area contributed by atoms with E-state index in [1.165, 1.54) is 11.1 Å². The van der Waals surface area contributed by atoms with Gasteiger partial charge in [-0.3, -0.25) is 4.57 Å². The second-order valence-corrected chi connectivity index (χ2v) is 7.38. The molecule has 1 aliphatic carbocycles. The highest BCUT2D eigenvalue weighted by Crippen LogP contribution is 2.37. The third-order valence-electron chi connectivity index (χ3n) is 3.28. The maximum atomic E-state index is 10.9. The number of hydrogen-bond acceptors (Lipinski definition) is 2. The normalized spacial score (nSPS) is 17.2. The number of ether oxygens (including phenoxy) is 1. The quantitative estimate of drug-likeness (QED) is 0.734. The monoisotopic (exact) mass is 288 g/mol. The first-order chi connectivity index (χ1) is 8.72. The summed E-state index contributed by atoms with van der Waals surface area (Å²) in [6, 6.07) is 0. The van der Waals surface area contributed by atoms with Gasteiger partial charge in [0, 0.05) is 0 Å². The lowest BCUT2D eigenvalue weighted by atomic mass is 9.86. The molecular weight excluding hydrogens is 263 g/mol. The molecule has 1 rings (SSSR count). The molecule has 19 heavy (non-hydrogen) atoms. The smallest absolute Gasteiger partial charge is 0.328 e. The van der Waals surface area contributed by atoms with E-state index in [9.17, 15) is 4.57 Å². The summed E-state index contributed by atoms with van der Waals surface area (Å²) in [6.07, 6.45) is 3.95. The highest BCUT2D eigenvalue weighted by atomic mass is 31.2. The summed E-state index contributed by atoms with van der Waals surface area (Å²) in [6.45, 7) is 8.55. The molecule has 0 bridgehead atoms. The van der Waals surface area contributed by atoms with Crippen molar-refractivity contribution in [2.45, 2.75) is 40.5 Å². The van der Waals surface area contributed by atoms with Gasteiger partial charge in [0.1, 0.15) is 5.76 Å². The first kappa shape index (κ1) is 16.5. The molecule has 2 N–H and O–H groups in total. The number of rotatable bonds is 6. The van der Waals surface area contributed by atoms with Crippen LogP contribution in [0.1, 0.15) is 40.5 Å². The van der Waals surface area contributed by atoms with E-state index in [1.807, 2.05) is 0 Å².